The smallest absolute Gasteiger partial charge is 0.272 e. The van der Waals surface area contributed by atoms with Crippen LogP contribution in [0.1, 0.15) is 33.7 Å². The van der Waals surface area contributed by atoms with Crippen LogP contribution in [0.5, 0.6) is 0 Å². The summed E-state index contributed by atoms with van der Waals surface area (Å²) in [6, 6.07) is 7.52. The molecular formula is C24H26F2N6O. The molecule has 172 valence electrons. The molecule has 33 heavy (non-hydrogen) atoms. The number of fused-ring (bicyclic) bond motifs is 1. The number of pyridine rings is 1. The molecule has 7 nitrogen and oxygen atoms in total. The van der Waals surface area contributed by atoms with E-state index in [9.17, 15) is 13.6 Å². The highest BCUT2D eigenvalue weighted by atomic mass is 19.2. The van der Waals surface area contributed by atoms with Gasteiger partial charge in [0.15, 0.2) is 17.3 Å². The minimum absolute atomic E-state index is 0.275. The van der Waals surface area contributed by atoms with Crippen LogP contribution in [-0.4, -0.2) is 58.8 Å². The van der Waals surface area contributed by atoms with Crippen molar-refractivity contribution in [3.05, 3.63) is 70.7 Å². The van der Waals surface area contributed by atoms with Crippen LogP contribution in [0.4, 0.5) is 14.6 Å². The van der Waals surface area contributed by atoms with Gasteiger partial charge in [-0.2, -0.15) is 5.10 Å². The molecule has 1 amide bonds. The van der Waals surface area contributed by atoms with E-state index in [-0.39, 0.29) is 5.91 Å². The number of hydrogen-bond acceptors (Lipinski definition) is 5. The Morgan fingerprint density at radius 3 is 2.70 bits per heavy atom. The normalized spacial score (nSPS) is 16.2. The highest BCUT2D eigenvalue weighted by Gasteiger charge is 2.27. The summed E-state index contributed by atoms with van der Waals surface area (Å²) in [5, 5.41) is 7.48. The van der Waals surface area contributed by atoms with Gasteiger partial charge in [0.1, 0.15) is 5.82 Å². The number of rotatable bonds is 5. The number of anilines is 1. The van der Waals surface area contributed by atoms with E-state index in [0.29, 0.717) is 17.9 Å². The zero-order valence-corrected chi connectivity index (χ0v) is 18.5. The van der Waals surface area contributed by atoms with Crippen LogP contribution in [-0.2, 0) is 19.4 Å². The molecule has 3 heterocycles. The number of piperazine rings is 1. The van der Waals surface area contributed by atoms with Gasteiger partial charge in [0.2, 0.25) is 0 Å². The van der Waals surface area contributed by atoms with Gasteiger partial charge in [0.25, 0.3) is 5.91 Å². The van der Waals surface area contributed by atoms with E-state index in [0.717, 1.165) is 80.2 Å². The van der Waals surface area contributed by atoms with E-state index in [4.69, 9.17) is 0 Å². The third-order valence-electron chi connectivity index (χ3n) is 6.40. The first-order valence-electron chi connectivity index (χ1n) is 11.2. The number of carbonyl (C=O) groups is 1. The number of likely N-dealkylation sites (N-methyl/N-ethyl adjacent to an activating group) is 1. The molecular weight excluding hydrogens is 426 g/mol. The maximum atomic E-state index is 13.8. The van der Waals surface area contributed by atoms with Crippen molar-refractivity contribution in [2.75, 3.05) is 38.1 Å². The topological polar surface area (TPSA) is 66.3 Å². The molecule has 0 radical (unpaired) electrons. The molecule has 1 fully saturated rings. The van der Waals surface area contributed by atoms with Crippen molar-refractivity contribution in [2.24, 2.45) is 0 Å². The van der Waals surface area contributed by atoms with Gasteiger partial charge in [0.05, 0.1) is 5.69 Å². The number of nitrogens with one attached hydrogen (secondary N) is 1. The second-order valence-corrected chi connectivity index (χ2v) is 8.60. The molecule has 2 aromatic heterocycles. The summed E-state index contributed by atoms with van der Waals surface area (Å²) in [5.41, 5.74) is 3.47. The average molecular weight is 453 g/mol. The molecule has 3 aromatic rings. The van der Waals surface area contributed by atoms with Gasteiger partial charge in [-0.1, -0.05) is 6.07 Å². The van der Waals surface area contributed by atoms with E-state index in [1.807, 2.05) is 12.1 Å². The van der Waals surface area contributed by atoms with E-state index in [2.05, 4.69) is 32.2 Å². The second-order valence-electron chi connectivity index (χ2n) is 8.60. The lowest BCUT2D eigenvalue weighted by atomic mass is 10.1. The molecule has 0 atom stereocenters. The molecule has 1 aromatic carbocycles. The largest absolute Gasteiger partial charge is 0.354 e. The van der Waals surface area contributed by atoms with Crippen molar-refractivity contribution in [2.45, 2.75) is 25.8 Å². The SMILES string of the molecule is CN1CCN(c2ncccc2CNC(=O)c2nn(-c3ccc(F)c(F)c3)c3c2CCC3)CC1. The Kier molecular flexibility index (Phi) is 5.80. The number of benzene rings is 1. The number of amides is 1. The van der Waals surface area contributed by atoms with Crippen LogP contribution < -0.4 is 10.2 Å². The Labute approximate surface area is 191 Å². The van der Waals surface area contributed by atoms with Crippen molar-refractivity contribution in [3.63, 3.8) is 0 Å². The number of carbonyl (C=O) groups excluding carboxylic acids is 1. The monoisotopic (exact) mass is 452 g/mol. The van der Waals surface area contributed by atoms with Gasteiger partial charge < -0.3 is 15.1 Å². The van der Waals surface area contributed by atoms with Gasteiger partial charge in [-0.15, -0.1) is 0 Å². The summed E-state index contributed by atoms with van der Waals surface area (Å²) >= 11 is 0. The maximum Gasteiger partial charge on any atom is 0.272 e. The molecule has 0 bridgehead atoms. The van der Waals surface area contributed by atoms with Crippen LogP contribution in [0.15, 0.2) is 36.5 Å². The van der Waals surface area contributed by atoms with Crippen molar-refractivity contribution < 1.29 is 13.6 Å². The number of nitrogens with zero attached hydrogens (tertiary/aromatic N) is 5. The zero-order chi connectivity index (χ0) is 22.9. The van der Waals surface area contributed by atoms with E-state index in [1.54, 1.807) is 10.9 Å². The summed E-state index contributed by atoms with van der Waals surface area (Å²) < 4.78 is 28.8. The van der Waals surface area contributed by atoms with Gasteiger partial charge in [-0.05, 0) is 44.5 Å². The summed E-state index contributed by atoms with van der Waals surface area (Å²) in [6.45, 7) is 4.05. The van der Waals surface area contributed by atoms with E-state index < -0.39 is 11.6 Å². The minimum atomic E-state index is -0.936. The van der Waals surface area contributed by atoms with Crippen molar-refractivity contribution >= 4 is 11.7 Å². The molecule has 1 N–H and O–H groups in total. The van der Waals surface area contributed by atoms with Crippen molar-refractivity contribution in [3.8, 4) is 5.69 Å². The average Bonchev–Trinajstić information content (AvgIpc) is 3.43. The lowest BCUT2D eigenvalue weighted by Crippen LogP contribution is -2.45. The van der Waals surface area contributed by atoms with Crippen LogP contribution in [0.25, 0.3) is 5.69 Å². The van der Waals surface area contributed by atoms with Crippen LogP contribution in [0.2, 0.25) is 0 Å². The molecule has 1 saturated heterocycles. The number of hydrogen-bond donors (Lipinski definition) is 1. The standard InChI is InChI=1S/C24H26F2N6O/c1-30-10-12-31(13-11-30)23-16(4-3-9-27-23)15-28-24(33)22-18-5-2-6-21(18)32(29-22)17-7-8-19(25)20(26)14-17/h3-4,7-9,14H,2,5-6,10-13,15H2,1H3,(H,28,33). The van der Waals surface area contributed by atoms with Gasteiger partial charge >= 0.3 is 0 Å². The Bertz CT molecular complexity index is 1190. The summed E-state index contributed by atoms with van der Waals surface area (Å²) in [7, 11) is 2.11. The summed E-state index contributed by atoms with van der Waals surface area (Å²) in [4.78, 5) is 22.2. The molecule has 0 unspecified atom stereocenters. The van der Waals surface area contributed by atoms with Crippen LogP contribution >= 0.6 is 0 Å². The molecule has 9 heteroatoms. The Balaban J connectivity index is 1.36. The van der Waals surface area contributed by atoms with Crippen LogP contribution in [0.3, 0.4) is 0 Å². The Hall–Kier alpha value is -3.33. The fourth-order valence-corrected chi connectivity index (χ4v) is 4.58. The first kappa shape index (κ1) is 21.5. The molecule has 2 aliphatic rings. The lowest BCUT2D eigenvalue weighted by Gasteiger charge is -2.34. The van der Waals surface area contributed by atoms with Gasteiger partial charge in [-0.25, -0.2) is 18.4 Å². The fraction of sp³-hybridized carbons (Fsp3) is 0.375. The minimum Gasteiger partial charge on any atom is -0.354 e. The molecule has 5 rings (SSSR count). The number of halogens is 2. The van der Waals surface area contributed by atoms with Gasteiger partial charge in [-0.3, -0.25) is 4.79 Å². The predicted octanol–water partition coefficient (Wildman–Crippen LogP) is 2.72. The molecule has 0 saturated carbocycles. The lowest BCUT2D eigenvalue weighted by molar-refractivity contribution is 0.0944. The first-order valence-corrected chi connectivity index (χ1v) is 11.2. The molecule has 0 spiro atoms. The third kappa shape index (κ3) is 4.20. The predicted molar refractivity (Wildman–Crippen MR) is 121 cm³/mol. The highest BCUT2D eigenvalue weighted by molar-refractivity contribution is 5.94. The van der Waals surface area contributed by atoms with E-state index in [1.165, 1.54) is 6.07 Å². The van der Waals surface area contributed by atoms with Gasteiger partial charge in [0, 0.05) is 61.8 Å². The molecule has 1 aliphatic carbocycles. The first-order chi connectivity index (χ1) is 16.0. The summed E-state index contributed by atoms with van der Waals surface area (Å²) in [6.07, 6.45) is 4.15. The quantitative estimate of drug-likeness (QED) is 0.645. The zero-order valence-electron chi connectivity index (χ0n) is 18.5. The Morgan fingerprint density at radius 1 is 1.09 bits per heavy atom. The van der Waals surface area contributed by atoms with E-state index >= 15 is 0 Å². The molecule has 1 aliphatic heterocycles. The van der Waals surface area contributed by atoms with Crippen LogP contribution in [0, 0.1) is 11.6 Å². The maximum absolute atomic E-state index is 13.8. The summed E-state index contributed by atoms with van der Waals surface area (Å²) in [5.74, 6) is -1.23. The second kappa shape index (κ2) is 8.90. The van der Waals surface area contributed by atoms with Crippen molar-refractivity contribution in [1.29, 1.82) is 0 Å². The third-order valence-corrected chi connectivity index (χ3v) is 6.40. The number of aromatic nitrogens is 3. The van der Waals surface area contributed by atoms with Crippen molar-refractivity contribution in [1.82, 2.24) is 25.0 Å². The highest BCUT2D eigenvalue weighted by Crippen LogP contribution is 2.28. The fourth-order valence-electron chi connectivity index (χ4n) is 4.58. The Morgan fingerprint density at radius 2 is 1.91 bits per heavy atom.